The van der Waals surface area contributed by atoms with Crippen molar-refractivity contribution in [2.45, 2.75) is 115 Å². The number of pyridine rings is 1. The first-order valence-corrected chi connectivity index (χ1v) is 29.8. The molecule has 0 radical (unpaired) electrons. The second kappa shape index (κ2) is 38.2. The number of aliphatic carboxylic acids is 4. The van der Waals surface area contributed by atoms with Gasteiger partial charge in [0.05, 0.1) is 62.1 Å². The van der Waals surface area contributed by atoms with Crippen LogP contribution < -0.4 is 42.0 Å². The highest BCUT2D eigenvalue weighted by Crippen LogP contribution is 2.23. The van der Waals surface area contributed by atoms with Crippen LogP contribution in [0.4, 0.5) is 4.79 Å². The number of likely N-dealkylation sites (tertiary alicyclic amines) is 1. The zero-order valence-corrected chi connectivity index (χ0v) is 49.8. The number of nitriles is 1. The first-order valence-electron chi connectivity index (χ1n) is 29.8. The van der Waals surface area contributed by atoms with Crippen molar-refractivity contribution in [3.63, 3.8) is 0 Å². The Balaban J connectivity index is 1.04. The van der Waals surface area contributed by atoms with E-state index in [1.165, 1.54) is 15.8 Å². The van der Waals surface area contributed by atoms with E-state index in [4.69, 9.17) is 14.9 Å². The molecule has 2 fully saturated rings. The average molecular weight is 1250 g/mol. The molecule has 5 rings (SSSR count). The van der Waals surface area contributed by atoms with Crippen LogP contribution in [0.2, 0.25) is 0 Å². The fourth-order valence-electron chi connectivity index (χ4n) is 9.81. The molecule has 2 aliphatic heterocycles. The largest absolute Gasteiger partial charge is 0.494 e. The molecule has 8 amide bonds. The number of nitrogens with zero attached hydrogens (tertiary/aromatic N) is 9. The lowest BCUT2D eigenvalue weighted by atomic mass is 10.1. The number of nitrogens with one attached hydrogen (secondary N) is 7. The molecular formula is C57H82N16O16. The van der Waals surface area contributed by atoms with Gasteiger partial charge in [-0.05, 0) is 82.1 Å². The number of urea groups is 1. The van der Waals surface area contributed by atoms with Gasteiger partial charge in [-0.25, -0.2) is 9.59 Å². The van der Waals surface area contributed by atoms with Crippen molar-refractivity contribution in [2.24, 2.45) is 0 Å². The topological polar surface area (TPSA) is 442 Å². The van der Waals surface area contributed by atoms with Gasteiger partial charge in [0.1, 0.15) is 23.9 Å². The van der Waals surface area contributed by atoms with Gasteiger partial charge in [0.2, 0.25) is 29.5 Å². The van der Waals surface area contributed by atoms with E-state index in [1.54, 1.807) is 45.2 Å². The Kier molecular flexibility index (Phi) is 30.4. The summed E-state index contributed by atoms with van der Waals surface area (Å²) in [5.41, 5.74) is 1.36. The number of hydrogen-bond donors (Lipinski definition) is 11. The highest BCUT2D eigenvalue weighted by Gasteiger charge is 2.30. The third kappa shape index (κ3) is 26.8. The lowest BCUT2D eigenvalue weighted by Crippen LogP contribution is -2.51. The molecule has 4 heterocycles. The predicted octanol–water partition coefficient (Wildman–Crippen LogP) is -1.26. The van der Waals surface area contributed by atoms with Crippen molar-refractivity contribution in [2.75, 3.05) is 105 Å². The summed E-state index contributed by atoms with van der Waals surface area (Å²) in [4.78, 5) is 147. The summed E-state index contributed by atoms with van der Waals surface area (Å²) in [7, 11) is 0. The van der Waals surface area contributed by atoms with E-state index in [0.717, 1.165) is 6.42 Å². The van der Waals surface area contributed by atoms with Crippen molar-refractivity contribution in [3.05, 3.63) is 47.9 Å². The molecule has 3 aromatic rings. The zero-order valence-electron chi connectivity index (χ0n) is 49.8. The molecular weight excluding hydrogens is 1160 g/mol. The maximum absolute atomic E-state index is 13.7. The number of unbranched alkanes of at least 4 members (excludes halogenated alkanes) is 4. The Hall–Kier alpha value is -9.09. The maximum Gasteiger partial charge on any atom is 0.326 e. The fourth-order valence-corrected chi connectivity index (χ4v) is 9.81. The summed E-state index contributed by atoms with van der Waals surface area (Å²) >= 11 is 0. The number of rotatable bonds is 38. The van der Waals surface area contributed by atoms with Crippen molar-refractivity contribution in [1.29, 1.82) is 5.26 Å². The van der Waals surface area contributed by atoms with Crippen LogP contribution in [-0.4, -0.2) is 248 Å². The van der Waals surface area contributed by atoms with E-state index in [1.807, 2.05) is 0 Å². The molecule has 1 unspecified atom stereocenters. The molecule has 89 heavy (non-hydrogen) atoms. The third-order valence-corrected chi connectivity index (χ3v) is 14.6. The third-order valence-electron chi connectivity index (χ3n) is 14.6. The molecule has 0 aliphatic carbocycles. The van der Waals surface area contributed by atoms with Gasteiger partial charge in [-0.15, -0.1) is 5.10 Å². The molecule has 2 aromatic heterocycles. The van der Waals surface area contributed by atoms with Crippen LogP contribution in [0.1, 0.15) is 99.5 Å². The number of benzene rings is 1. The molecule has 3 atom stereocenters. The maximum atomic E-state index is 13.7. The van der Waals surface area contributed by atoms with Gasteiger partial charge in [0.15, 0.2) is 0 Å². The summed E-state index contributed by atoms with van der Waals surface area (Å²) < 4.78 is 7.44. The van der Waals surface area contributed by atoms with Crippen molar-refractivity contribution >= 4 is 76.3 Å². The Morgan fingerprint density at radius 3 is 1.94 bits per heavy atom. The van der Waals surface area contributed by atoms with Crippen molar-refractivity contribution in [1.82, 2.24) is 76.8 Å². The molecule has 2 aliphatic rings. The summed E-state index contributed by atoms with van der Waals surface area (Å²) in [6, 6.07) is 4.89. The van der Waals surface area contributed by atoms with Gasteiger partial charge < -0.3 is 67.3 Å². The monoisotopic (exact) mass is 1250 g/mol. The van der Waals surface area contributed by atoms with E-state index < -0.39 is 72.2 Å². The highest BCUT2D eigenvalue weighted by atomic mass is 16.5. The molecule has 0 spiro atoms. The van der Waals surface area contributed by atoms with Gasteiger partial charge in [0.25, 0.3) is 5.91 Å². The van der Waals surface area contributed by atoms with Crippen molar-refractivity contribution < 1.29 is 77.9 Å². The predicted molar refractivity (Wildman–Crippen MR) is 316 cm³/mol. The number of hydrogen-bond acceptors (Lipinski definition) is 19. The molecule has 32 heteroatoms. The summed E-state index contributed by atoms with van der Waals surface area (Å²) in [5, 5.41) is 73.7. The second-order valence-corrected chi connectivity index (χ2v) is 21.5. The van der Waals surface area contributed by atoms with E-state index in [0.29, 0.717) is 138 Å². The van der Waals surface area contributed by atoms with Crippen LogP contribution in [0.25, 0.3) is 10.9 Å². The molecule has 486 valence electrons. The Morgan fingerprint density at radius 1 is 0.663 bits per heavy atom. The molecule has 0 bridgehead atoms. The first kappa shape index (κ1) is 70.7. The molecule has 2 saturated heterocycles. The van der Waals surface area contributed by atoms with Crippen LogP contribution in [-0.2, 0) is 56.1 Å². The normalized spacial score (nSPS) is 15.4. The minimum Gasteiger partial charge on any atom is -0.494 e. The van der Waals surface area contributed by atoms with E-state index in [9.17, 15) is 68.2 Å². The average Bonchev–Trinajstić information content (AvgIpc) is 3.95. The first-order chi connectivity index (χ1) is 42.8. The Morgan fingerprint density at radius 2 is 1.29 bits per heavy atom. The van der Waals surface area contributed by atoms with E-state index in [-0.39, 0.29) is 95.8 Å². The SMILES string of the molecule is N#CC1CCCN1C(=O)CNC(=O)c1ccnc2ccc(OCCCNC(=O)CCc3cn(CC[C@H](NC(=O)CN4CCN(CC(=O)O)CCN(CC(=O)O)CC4)C(=O)NCCCCCC(=O)NCCCCCNC(=O)N[C@@H](CC(=O)O)C(=O)O)nn3)cc12. The number of carbonyl (C=O) groups is 11. The van der Waals surface area contributed by atoms with Crippen LogP contribution in [0.3, 0.4) is 0 Å². The summed E-state index contributed by atoms with van der Waals surface area (Å²) in [6.07, 6.45) is 8.31. The van der Waals surface area contributed by atoms with Gasteiger partial charge in [0, 0.05) is 116 Å². The minimum atomic E-state index is -1.56. The Labute approximate surface area is 513 Å². The number of fused-ring (bicyclic) bond motifs is 1. The summed E-state index contributed by atoms with van der Waals surface area (Å²) in [5.74, 6) is -6.61. The molecule has 1 aromatic carbocycles. The fraction of sp³-hybridized carbons (Fsp3) is 0.596. The molecule has 0 saturated carbocycles. The van der Waals surface area contributed by atoms with E-state index >= 15 is 0 Å². The number of carbonyl (C=O) groups excluding carboxylic acids is 7. The molecule has 11 N–H and O–H groups in total. The number of ether oxygens (including phenoxy) is 1. The number of aryl methyl sites for hydroxylation is 2. The lowest BCUT2D eigenvalue weighted by Gasteiger charge is -2.26. The van der Waals surface area contributed by atoms with Crippen LogP contribution in [0, 0.1) is 11.3 Å². The van der Waals surface area contributed by atoms with Gasteiger partial charge >= 0.3 is 29.9 Å². The zero-order chi connectivity index (χ0) is 64.5. The number of aromatic nitrogens is 4. The smallest absolute Gasteiger partial charge is 0.326 e. The number of carboxylic acids is 4. The van der Waals surface area contributed by atoms with Gasteiger partial charge in [-0.2, -0.15) is 5.26 Å². The van der Waals surface area contributed by atoms with Crippen molar-refractivity contribution in [3.8, 4) is 11.8 Å². The molecule has 32 nitrogen and oxygen atoms in total. The Bertz CT molecular complexity index is 2910. The standard InChI is InChI=1S/C57H82N16O16/c58-33-40-9-7-22-73(40)50(77)34-64-54(84)42-15-21-59-44-13-12-41(31-43(42)44)89-30-8-20-61-48(75)14-11-39-35-72(68-67-39)23-16-45(65-49(76)36-69-24-26-70(37-52(80)81)28-29-71(27-25-69)38-53(82)83)55(85)62-18-4-1-3-10-47(74)60-17-5-2-6-19-63-57(88)66-46(56(86)87)32-51(78)79/h12-13,15,21,31,35,40,45-46H,1-11,14,16-20,22-30,32,34,36-38H2,(H,60,74)(H,61,75)(H,62,85)(H,64,84)(H,65,76)(H,78,79)(H,80,81)(H,82,83)(H,86,87)(H2,63,66,88)/t40?,45-,46-/m0/s1. The van der Waals surface area contributed by atoms with Crippen LogP contribution in [0.5, 0.6) is 5.75 Å². The van der Waals surface area contributed by atoms with Gasteiger partial charge in [-0.3, -0.25) is 67.5 Å². The highest BCUT2D eigenvalue weighted by molar-refractivity contribution is 6.07. The minimum absolute atomic E-state index is 0.0918. The van der Waals surface area contributed by atoms with Gasteiger partial charge in [-0.1, -0.05) is 11.6 Å². The quantitative estimate of drug-likeness (QED) is 0.0298. The number of carboxylic acid groups (broad SMARTS) is 4. The van der Waals surface area contributed by atoms with Crippen LogP contribution >= 0.6 is 0 Å². The number of amides is 8. The second-order valence-electron chi connectivity index (χ2n) is 21.5. The van der Waals surface area contributed by atoms with E-state index in [2.05, 4.69) is 58.6 Å². The van der Waals surface area contributed by atoms with Crippen LogP contribution in [0.15, 0.2) is 36.7 Å². The lowest BCUT2D eigenvalue weighted by molar-refractivity contribution is -0.145. The summed E-state index contributed by atoms with van der Waals surface area (Å²) in [6.45, 7) is 2.91.